The van der Waals surface area contributed by atoms with Gasteiger partial charge in [0.1, 0.15) is 5.82 Å². The fourth-order valence-corrected chi connectivity index (χ4v) is 4.00. The van der Waals surface area contributed by atoms with Gasteiger partial charge in [0.05, 0.1) is 11.6 Å². The minimum absolute atomic E-state index is 0.0524. The van der Waals surface area contributed by atoms with E-state index in [2.05, 4.69) is 0 Å². The number of para-hydroxylation sites is 1. The van der Waals surface area contributed by atoms with Crippen molar-refractivity contribution in [3.63, 3.8) is 0 Å². The Morgan fingerprint density at radius 1 is 1.25 bits per heavy atom. The van der Waals surface area contributed by atoms with Crippen LogP contribution < -0.4 is 4.90 Å². The van der Waals surface area contributed by atoms with Gasteiger partial charge < -0.3 is 9.80 Å². The van der Waals surface area contributed by atoms with Gasteiger partial charge >= 0.3 is 0 Å². The highest BCUT2D eigenvalue weighted by Gasteiger charge is 2.39. The second kappa shape index (κ2) is 7.32. The molecule has 2 amide bonds. The highest BCUT2D eigenvalue weighted by atomic mass is 19.1. The van der Waals surface area contributed by atoms with Gasteiger partial charge in [0.25, 0.3) is 0 Å². The summed E-state index contributed by atoms with van der Waals surface area (Å²) in [6.07, 6.45) is 5.86. The van der Waals surface area contributed by atoms with Gasteiger partial charge in [-0.15, -0.1) is 0 Å². The monoisotopic (exact) mass is 332 g/mol. The van der Waals surface area contributed by atoms with Crippen molar-refractivity contribution in [2.45, 2.75) is 51.5 Å². The minimum Gasteiger partial charge on any atom is -0.340 e. The molecule has 1 aromatic carbocycles. The third-order valence-electron chi connectivity index (χ3n) is 5.26. The van der Waals surface area contributed by atoms with Crippen molar-refractivity contribution < 1.29 is 14.0 Å². The Labute approximate surface area is 142 Å². The van der Waals surface area contributed by atoms with Crippen molar-refractivity contribution in [1.82, 2.24) is 4.90 Å². The van der Waals surface area contributed by atoms with Crippen LogP contribution in [0.2, 0.25) is 0 Å². The van der Waals surface area contributed by atoms with Crippen molar-refractivity contribution >= 4 is 17.5 Å². The third kappa shape index (κ3) is 3.30. The number of anilines is 1. The molecular formula is C19H25FN2O2. The Hall–Kier alpha value is -1.91. The van der Waals surface area contributed by atoms with Crippen molar-refractivity contribution in [1.29, 1.82) is 0 Å². The van der Waals surface area contributed by atoms with E-state index in [4.69, 9.17) is 0 Å². The molecule has 0 unspecified atom stereocenters. The Kier molecular flexibility index (Phi) is 5.17. The molecule has 4 nitrogen and oxygen atoms in total. The molecule has 1 saturated carbocycles. The Morgan fingerprint density at radius 3 is 2.62 bits per heavy atom. The number of carbonyl (C=O) groups excluding carboxylic acids is 2. The van der Waals surface area contributed by atoms with Crippen LogP contribution in [0.1, 0.15) is 45.4 Å². The number of hydrogen-bond donors (Lipinski definition) is 0. The molecule has 2 aliphatic rings. The molecule has 3 rings (SSSR count). The lowest BCUT2D eigenvalue weighted by Gasteiger charge is -2.35. The van der Waals surface area contributed by atoms with Crippen molar-refractivity contribution in [2.75, 3.05) is 18.0 Å². The average molecular weight is 332 g/mol. The van der Waals surface area contributed by atoms with E-state index in [0.29, 0.717) is 12.6 Å². The van der Waals surface area contributed by atoms with Crippen LogP contribution in [0.5, 0.6) is 0 Å². The lowest BCUT2D eigenvalue weighted by Crippen LogP contribution is -2.45. The van der Waals surface area contributed by atoms with E-state index in [0.717, 1.165) is 12.8 Å². The minimum atomic E-state index is -0.418. The second-order valence-electron chi connectivity index (χ2n) is 6.77. The van der Waals surface area contributed by atoms with Crippen molar-refractivity contribution in [3.8, 4) is 0 Å². The molecule has 1 heterocycles. The lowest BCUT2D eigenvalue weighted by atomic mass is 9.93. The van der Waals surface area contributed by atoms with Gasteiger partial charge in [-0.05, 0) is 31.9 Å². The first-order valence-corrected chi connectivity index (χ1v) is 8.97. The third-order valence-corrected chi connectivity index (χ3v) is 5.26. The van der Waals surface area contributed by atoms with E-state index in [1.165, 1.54) is 30.2 Å². The van der Waals surface area contributed by atoms with Gasteiger partial charge in [-0.25, -0.2) is 4.39 Å². The Morgan fingerprint density at radius 2 is 1.96 bits per heavy atom. The lowest BCUT2D eigenvalue weighted by molar-refractivity contribution is -0.138. The van der Waals surface area contributed by atoms with Gasteiger partial charge in [0.15, 0.2) is 0 Å². The van der Waals surface area contributed by atoms with E-state index < -0.39 is 5.82 Å². The van der Waals surface area contributed by atoms with Crippen LogP contribution in [-0.2, 0) is 9.59 Å². The molecule has 24 heavy (non-hydrogen) atoms. The van der Waals surface area contributed by atoms with Crippen molar-refractivity contribution in [3.05, 3.63) is 30.1 Å². The molecule has 5 heteroatoms. The van der Waals surface area contributed by atoms with Crippen LogP contribution >= 0.6 is 0 Å². The predicted molar refractivity (Wildman–Crippen MR) is 91.1 cm³/mol. The number of carbonyl (C=O) groups is 2. The number of benzene rings is 1. The van der Waals surface area contributed by atoms with Gasteiger partial charge in [-0.1, -0.05) is 31.4 Å². The maximum Gasteiger partial charge on any atom is 0.228 e. The van der Waals surface area contributed by atoms with Crippen LogP contribution in [0.3, 0.4) is 0 Å². The number of amides is 2. The largest absolute Gasteiger partial charge is 0.340 e. The molecular weight excluding hydrogens is 307 g/mol. The Balaban J connectivity index is 1.72. The SMILES string of the molecule is CCN(C(=O)[C@@H]1CC(=O)N(c2ccccc2F)C1)C1CCCCC1. The molecule has 0 spiro atoms. The van der Waals surface area contributed by atoms with E-state index in [9.17, 15) is 14.0 Å². The van der Waals surface area contributed by atoms with Crippen LogP contribution in [-0.4, -0.2) is 35.8 Å². The molecule has 0 N–H and O–H groups in total. The van der Waals surface area contributed by atoms with Gasteiger partial charge in [-0.3, -0.25) is 9.59 Å². The van der Waals surface area contributed by atoms with Crippen LogP contribution in [0.4, 0.5) is 10.1 Å². The molecule has 130 valence electrons. The maximum atomic E-state index is 14.0. The molecule has 1 saturated heterocycles. The summed E-state index contributed by atoms with van der Waals surface area (Å²) in [5.74, 6) is -0.896. The van der Waals surface area contributed by atoms with Crippen LogP contribution in [0.25, 0.3) is 0 Å². The summed E-state index contributed by atoms with van der Waals surface area (Å²) in [4.78, 5) is 28.6. The number of halogens is 1. The first-order chi connectivity index (χ1) is 11.6. The second-order valence-corrected chi connectivity index (χ2v) is 6.77. The van der Waals surface area contributed by atoms with Gasteiger partial charge in [0.2, 0.25) is 11.8 Å². The van der Waals surface area contributed by atoms with Crippen molar-refractivity contribution in [2.24, 2.45) is 5.92 Å². The summed E-state index contributed by atoms with van der Waals surface area (Å²) in [5.41, 5.74) is 0.276. The van der Waals surface area contributed by atoms with Crippen LogP contribution in [0, 0.1) is 11.7 Å². The summed E-state index contributed by atoms with van der Waals surface area (Å²) >= 11 is 0. The number of hydrogen-bond acceptors (Lipinski definition) is 2. The van der Waals surface area contributed by atoms with Gasteiger partial charge in [0, 0.05) is 25.6 Å². The Bertz CT molecular complexity index is 613. The van der Waals surface area contributed by atoms with E-state index in [-0.39, 0.29) is 36.4 Å². The first kappa shape index (κ1) is 16.9. The zero-order chi connectivity index (χ0) is 17.1. The zero-order valence-electron chi connectivity index (χ0n) is 14.2. The van der Waals surface area contributed by atoms with Crippen LogP contribution in [0.15, 0.2) is 24.3 Å². The predicted octanol–water partition coefficient (Wildman–Crippen LogP) is 3.36. The quantitative estimate of drug-likeness (QED) is 0.848. The fraction of sp³-hybridized carbons (Fsp3) is 0.579. The number of nitrogens with zero attached hydrogens (tertiary/aromatic N) is 2. The normalized spacial score (nSPS) is 22.0. The van der Waals surface area contributed by atoms with E-state index >= 15 is 0 Å². The van der Waals surface area contributed by atoms with Gasteiger partial charge in [-0.2, -0.15) is 0 Å². The topological polar surface area (TPSA) is 40.6 Å². The summed E-state index contributed by atoms with van der Waals surface area (Å²) in [5, 5.41) is 0. The summed E-state index contributed by atoms with van der Waals surface area (Å²) in [6.45, 7) is 2.95. The molecule has 0 radical (unpaired) electrons. The molecule has 1 aromatic rings. The van der Waals surface area contributed by atoms with E-state index in [1.807, 2.05) is 11.8 Å². The molecule has 1 aliphatic heterocycles. The molecule has 1 atom stereocenters. The zero-order valence-corrected chi connectivity index (χ0v) is 14.2. The standard InChI is InChI=1S/C19H25FN2O2/c1-2-21(15-8-4-3-5-9-15)19(24)14-12-18(23)22(13-14)17-11-7-6-10-16(17)20/h6-7,10-11,14-15H,2-5,8-9,12-13H2,1H3/t14-/m1/s1. The average Bonchev–Trinajstić information content (AvgIpc) is 2.98. The summed E-state index contributed by atoms with van der Waals surface area (Å²) < 4.78 is 14.0. The molecule has 1 aliphatic carbocycles. The summed E-state index contributed by atoms with van der Waals surface area (Å²) in [7, 11) is 0. The first-order valence-electron chi connectivity index (χ1n) is 8.97. The highest BCUT2D eigenvalue weighted by molar-refractivity contribution is 6.00. The van der Waals surface area contributed by atoms with E-state index in [1.54, 1.807) is 18.2 Å². The fourth-order valence-electron chi connectivity index (χ4n) is 4.00. The molecule has 0 aromatic heterocycles. The summed E-state index contributed by atoms with van der Waals surface area (Å²) in [6, 6.07) is 6.55. The molecule has 0 bridgehead atoms. The number of rotatable bonds is 4. The smallest absolute Gasteiger partial charge is 0.228 e. The maximum absolute atomic E-state index is 14.0. The highest BCUT2D eigenvalue weighted by Crippen LogP contribution is 2.30. The molecule has 2 fully saturated rings.